The molecule has 2 aromatic heterocycles. The van der Waals surface area contributed by atoms with E-state index >= 15 is 0 Å². The van der Waals surface area contributed by atoms with Gasteiger partial charge in [-0.05, 0) is 56.4 Å². The second-order valence-corrected chi connectivity index (χ2v) is 10.3. The molecule has 1 aliphatic rings. The van der Waals surface area contributed by atoms with Gasteiger partial charge in [0.15, 0.2) is 5.82 Å². The average molecular weight is 561 g/mol. The quantitative estimate of drug-likeness (QED) is 0.211. The Morgan fingerprint density at radius 1 is 1.23 bits per heavy atom. The molecular weight excluding hydrogens is 531 g/mol. The summed E-state index contributed by atoms with van der Waals surface area (Å²) in [5.74, 6) is -0.472. The fraction of sp³-hybridized carbons (Fsp3) is 0.375. The molecule has 1 fully saturated rings. The number of imide groups is 1. The summed E-state index contributed by atoms with van der Waals surface area (Å²) in [5.41, 5.74) is 3.11. The maximum Gasteiger partial charge on any atom is 0.472 e. The Labute approximate surface area is 223 Å². The smallest absolute Gasteiger partial charge is 0.421 e. The molecule has 1 aromatic carbocycles. The zero-order valence-electron chi connectivity index (χ0n) is 21.6. The van der Waals surface area contributed by atoms with Crippen LogP contribution < -0.4 is 10.6 Å². The second kappa shape index (κ2) is 11.5. The third-order valence-electron chi connectivity index (χ3n) is 6.04. The van der Waals surface area contributed by atoms with Gasteiger partial charge >= 0.3 is 13.9 Å². The molecule has 0 atom stereocenters. The van der Waals surface area contributed by atoms with Crippen molar-refractivity contribution in [3.05, 3.63) is 53.0 Å². The Balaban J connectivity index is 1.60. The van der Waals surface area contributed by atoms with E-state index in [4.69, 9.17) is 14.5 Å². The number of phosphoric acid groups is 1. The van der Waals surface area contributed by atoms with E-state index in [9.17, 15) is 18.9 Å². The van der Waals surface area contributed by atoms with Crippen molar-refractivity contribution in [2.24, 2.45) is 0 Å². The van der Waals surface area contributed by atoms with E-state index in [-0.39, 0.29) is 24.1 Å². The van der Waals surface area contributed by atoms with E-state index in [1.54, 1.807) is 26.0 Å². The zero-order valence-corrected chi connectivity index (χ0v) is 22.5. The van der Waals surface area contributed by atoms with Crippen molar-refractivity contribution in [2.75, 3.05) is 18.7 Å². The van der Waals surface area contributed by atoms with Crippen molar-refractivity contribution in [1.29, 1.82) is 0 Å². The molecule has 0 saturated heterocycles. The summed E-state index contributed by atoms with van der Waals surface area (Å²) in [4.78, 5) is 61.2. The number of hydrogen-bond acceptors (Lipinski definition) is 9. The molecule has 1 aliphatic carbocycles. The van der Waals surface area contributed by atoms with Gasteiger partial charge in [0, 0.05) is 30.0 Å². The summed E-state index contributed by atoms with van der Waals surface area (Å²) in [7, 11) is -4.86. The summed E-state index contributed by atoms with van der Waals surface area (Å²) in [6, 6.07) is 5.53. The Bertz CT molecular complexity index is 1460. The molecule has 15 heteroatoms. The lowest BCUT2D eigenvalue weighted by molar-refractivity contribution is 0.0203. The van der Waals surface area contributed by atoms with Crippen LogP contribution in [0.1, 0.15) is 58.0 Å². The number of fused-ring (bicyclic) bond motifs is 1. The molecule has 0 aliphatic heterocycles. The van der Waals surface area contributed by atoms with Crippen molar-refractivity contribution in [2.45, 2.75) is 46.1 Å². The summed E-state index contributed by atoms with van der Waals surface area (Å²) >= 11 is 0. The number of carbonyl (C=O) groups is 3. The number of phosphoric ester groups is 1. The Hall–Kier alpha value is -3.84. The van der Waals surface area contributed by atoms with Crippen LogP contribution in [0.5, 0.6) is 0 Å². The van der Waals surface area contributed by atoms with Crippen LogP contribution in [0, 0.1) is 13.8 Å². The molecule has 1 saturated carbocycles. The Morgan fingerprint density at radius 2 is 1.97 bits per heavy atom. The number of anilines is 2. The van der Waals surface area contributed by atoms with Crippen LogP contribution in [0.15, 0.2) is 30.7 Å². The van der Waals surface area contributed by atoms with Crippen molar-refractivity contribution < 1.29 is 38.0 Å². The molecule has 2 heterocycles. The first-order valence-corrected chi connectivity index (χ1v) is 13.7. The highest BCUT2D eigenvalue weighted by molar-refractivity contribution is 7.46. The van der Waals surface area contributed by atoms with E-state index in [0.717, 1.165) is 23.3 Å². The van der Waals surface area contributed by atoms with E-state index < -0.39 is 26.6 Å². The minimum absolute atomic E-state index is 0.00902. The van der Waals surface area contributed by atoms with Crippen LogP contribution >= 0.6 is 7.82 Å². The van der Waals surface area contributed by atoms with Gasteiger partial charge in [0.25, 0.3) is 11.8 Å². The molecule has 14 nitrogen and oxygen atoms in total. The van der Waals surface area contributed by atoms with Gasteiger partial charge in [0.1, 0.15) is 11.8 Å². The molecule has 0 bridgehead atoms. The third kappa shape index (κ3) is 6.79. The topological polar surface area (TPSA) is 185 Å². The monoisotopic (exact) mass is 560 g/mol. The molecular formula is C24H29N6O8P. The predicted octanol–water partition coefficient (Wildman–Crippen LogP) is 3.04. The summed E-state index contributed by atoms with van der Waals surface area (Å²) in [6.07, 6.45) is 4.00. The molecule has 4 N–H and O–H groups in total. The fourth-order valence-electron chi connectivity index (χ4n) is 3.86. The highest BCUT2D eigenvalue weighted by Crippen LogP contribution is 2.35. The Kier molecular flexibility index (Phi) is 8.31. The molecule has 3 amide bonds. The molecule has 0 unspecified atom stereocenters. The summed E-state index contributed by atoms with van der Waals surface area (Å²) in [6.45, 7) is 4.27. The number of ether oxygens (including phenoxy) is 1. The normalized spacial score (nSPS) is 13.3. The minimum atomic E-state index is -4.86. The number of nitrogens with zero attached hydrogens (tertiary/aromatic N) is 4. The highest BCUT2D eigenvalue weighted by atomic mass is 31.2. The lowest BCUT2D eigenvalue weighted by Gasteiger charge is -2.19. The first kappa shape index (κ1) is 28.2. The zero-order chi connectivity index (χ0) is 28.3. The van der Waals surface area contributed by atoms with Gasteiger partial charge in [0.05, 0.1) is 5.56 Å². The third-order valence-corrected chi connectivity index (χ3v) is 6.48. The van der Waals surface area contributed by atoms with Crippen molar-refractivity contribution in [3.63, 3.8) is 0 Å². The largest absolute Gasteiger partial charge is 0.472 e. The fourth-order valence-corrected chi connectivity index (χ4v) is 4.05. The van der Waals surface area contributed by atoms with Crippen LogP contribution in [0.2, 0.25) is 0 Å². The minimum Gasteiger partial charge on any atom is -0.421 e. The van der Waals surface area contributed by atoms with E-state index in [0.29, 0.717) is 34.6 Å². The van der Waals surface area contributed by atoms with Crippen molar-refractivity contribution in [3.8, 4) is 0 Å². The predicted molar refractivity (Wildman–Crippen MR) is 138 cm³/mol. The van der Waals surface area contributed by atoms with Crippen LogP contribution in [0.4, 0.5) is 16.3 Å². The van der Waals surface area contributed by atoms with Crippen LogP contribution in [0.25, 0.3) is 5.52 Å². The lowest BCUT2D eigenvalue weighted by Crippen LogP contribution is -2.38. The van der Waals surface area contributed by atoms with Crippen molar-refractivity contribution in [1.82, 2.24) is 24.8 Å². The average Bonchev–Trinajstić information content (AvgIpc) is 3.62. The maximum absolute atomic E-state index is 13.4. The van der Waals surface area contributed by atoms with Gasteiger partial charge in [-0.15, -0.1) is 0 Å². The molecule has 0 radical (unpaired) electrons. The first-order chi connectivity index (χ1) is 18.5. The van der Waals surface area contributed by atoms with Gasteiger partial charge in [-0.25, -0.2) is 28.3 Å². The number of rotatable bonds is 10. The number of benzene rings is 1. The van der Waals surface area contributed by atoms with E-state index in [2.05, 4.69) is 25.2 Å². The van der Waals surface area contributed by atoms with Crippen molar-refractivity contribution >= 4 is 42.8 Å². The van der Waals surface area contributed by atoms with Gasteiger partial charge in [-0.2, -0.15) is 5.10 Å². The standard InChI is InChI=1S/C24H29N6O8P/c1-4-9-29(24(33)37-13-38-39(34,35)36)23(32)18-11-30-20(15(18)3)21(25-12-26-30)28-19-10-16(6-5-14(19)2)22(31)27-17-7-8-17/h5-6,10-12,17H,4,7-9,13H2,1-3H3,(H,27,31)(H,25,26,28)(H2,34,35,36). The number of amides is 3. The number of nitrogens with one attached hydrogen (secondary N) is 2. The number of hydrogen-bond donors (Lipinski definition) is 4. The summed E-state index contributed by atoms with van der Waals surface area (Å²) in [5, 5.41) is 10.4. The number of aromatic nitrogens is 3. The number of carbonyl (C=O) groups excluding carboxylic acids is 3. The number of aryl methyl sites for hydroxylation is 2. The van der Waals surface area contributed by atoms with Gasteiger partial charge in [-0.3, -0.25) is 9.59 Å². The second-order valence-electron chi connectivity index (χ2n) is 9.08. The van der Waals surface area contributed by atoms with Crippen LogP contribution in [-0.2, 0) is 13.8 Å². The summed E-state index contributed by atoms with van der Waals surface area (Å²) < 4.78 is 21.2. The van der Waals surface area contributed by atoms with Crippen LogP contribution in [0.3, 0.4) is 0 Å². The maximum atomic E-state index is 13.4. The van der Waals surface area contributed by atoms with Crippen LogP contribution in [-0.4, -0.2) is 66.6 Å². The highest BCUT2D eigenvalue weighted by Gasteiger charge is 2.29. The van der Waals surface area contributed by atoms with Gasteiger partial charge in [0.2, 0.25) is 6.79 Å². The molecule has 39 heavy (non-hydrogen) atoms. The first-order valence-electron chi connectivity index (χ1n) is 12.2. The lowest BCUT2D eigenvalue weighted by atomic mass is 10.1. The molecule has 3 aromatic rings. The Morgan fingerprint density at radius 3 is 2.64 bits per heavy atom. The van der Waals surface area contributed by atoms with Gasteiger partial charge in [-0.1, -0.05) is 13.0 Å². The van der Waals surface area contributed by atoms with E-state index in [1.807, 2.05) is 13.0 Å². The molecule has 0 spiro atoms. The molecule has 4 rings (SSSR count). The molecule has 208 valence electrons. The van der Waals surface area contributed by atoms with Gasteiger partial charge < -0.3 is 25.2 Å². The SMILES string of the molecule is CCCN(C(=O)OCOP(=O)(O)O)C(=O)c1cn2ncnc(Nc3cc(C(=O)NC4CC4)ccc3C)c2c1C. The van der Waals surface area contributed by atoms with E-state index in [1.165, 1.54) is 17.0 Å².